The highest BCUT2D eigenvalue weighted by atomic mass is 32.2. The summed E-state index contributed by atoms with van der Waals surface area (Å²) in [4.78, 5) is 25.1. The van der Waals surface area contributed by atoms with Crippen LogP contribution in [-0.4, -0.2) is 34.6 Å². The maximum Gasteiger partial charge on any atom is 0.324 e. The second-order valence-electron chi connectivity index (χ2n) is 7.22. The van der Waals surface area contributed by atoms with Crippen LogP contribution in [0.15, 0.2) is 51.9 Å². The van der Waals surface area contributed by atoms with E-state index >= 15 is 0 Å². The molecule has 0 radical (unpaired) electrons. The Morgan fingerprint density at radius 1 is 1.13 bits per heavy atom. The van der Waals surface area contributed by atoms with E-state index in [2.05, 4.69) is 11.7 Å². The minimum Gasteiger partial charge on any atom is -0.468 e. The molecule has 1 fully saturated rings. The number of benzene rings is 1. The van der Waals surface area contributed by atoms with E-state index in [9.17, 15) is 18.0 Å². The van der Waals surface area contributed by atoms with Gasteiger partial charge in [0.15, 0.2) is 5.41 Å². The van der Waals surface area contributed by atoms with Crippen molar-refractivity contribution in [2.45, 2.75) is 43.4 Å². The Labute approximate surface area is 177 Å². The van der Waals surface area contributed by atoms with Gasteiger partial charge in [0.05, 0.1) is 24.0 Å². The number of terminal acetylenes is 1. The van der Waals surface area contributed by atoms with Gasteiger partial charge in [-0.25, -0.2) is 8.42 Å². The number of sulfone groups is 1. The van der Waals surface area contributed by atoms with Crippen molar-refractivity contribution in [2.75, 3.05) is 14.2 Å². The molecule has 1 aliphatic rings. The van der Waals surface area contributed by atoms with E-state index in [4.69, 9.17) is 15.9 Å². The predicted molar refractivity (Wildman–Crippen MR) is 112 cm³/mol. The average Bonchev–Trinajstić information content (AvgIpc) is 3.28. The van der Waals surface area contributed by atoms with E-state index in [0.29, 0.717) is 0 Å². The molecule has 0 aliphatic heterocycles. The maximum absolute atomic E-state index is 13.4. The fourth-order valence-electron chi connectivity index (χ4n) is 3.57. The standard InChI is InChI=1S/C23H26O6S/c1-4-16-23(21(24)28-2,22(25)29-3)17-20(15-14-18-10-8-9-11-18)30(26,27)19-12-6-5-7-13-19/h1,5-7,12-14,18H,8-11,16-17H2,2-3H3. The molecule has 160 valence electrons. The van der Waals surface area contributed by atoms with Gasteiger partial charge in [-0.15, -0.1) is 18.1 Å². The molecule has 0 amide bonds. The zero-order valence-corrected chi connectivity index (χ0v) is 18.0. The first-order chi connectivity index (χ1) is 14.3. The second-order valence-corrected chi connectivity index (χ2v) is 9.19. The molecular formula is C23H26O6S. The van der Waals surface area contributed by atoms with Crippen LogP contribution in [0.4, 0.5) is 0 Å². The van der Waals surface area contributed by atoms with E-state index in [-0.39, 0.29) is 22.1 Å². The third-order valence-corrected chi connectivity index (χ3v) is 7.08. The average molecular weight is 431 g/mol. The first-order valence-electron chi connectivity index (χ1n) is 9.68. The summed E-state index contributed by atoms with van der Waals surface area (Å²) in [7, 11) is -1.82. The predicted octanol–water partition coefficient (Wildman–Crippen LogP) is 3.44. The van der Waals surface area contributed by atoms with Crippen LogP contribution in [0, 0.1) is 23.7 Å². The van der Waals surface area contributed by atoms with Crippen LogP contribution in [0.25, 0.3) is 0 Å². The SMILES string of the molecule is C#CCC(CC(=C=CC1CCCC1)S(=O)(=O)c1ccccc1)(C(=O)OC)C(=O)OC. The van der Waals surface area contributed by atoms with Crippen molar-refractivity contribution in [1.29, 1.82) is 0 Å². The molecule has 0 bridgehead atoms. The molecule has 1 aromatic carbocycles. The number of methoxy groups -OCH3 is 2. The van der Waals surface area contributed by atoms with Gasteiger partial charge in [0.1, 0.15) is 0 Å². The Balaban J connectivity index is 2.66. The van der Waals surface area contributed by atoms with Gasteiger partial charge in [-0.3, -0.25) is 9.59 Å². The van der Waals surface area contributed by atoms with E-state index in [0.717, 1.165) is 39.9 Å². The number of hydrogen-bond donors (Lipinski definition) is 0. The Bertz CT molecular complexity index is 956. The highest BCUT2D eigenvalue weighted by Crippen LogP contribution is 2.37. The Kier molecular flexibility index (Phi) is 8.05. The van der Waals surface area contributed by atoms with Crippen LogP contribution in [0.3, 0.4) is 0 Å². The van der Waals surface area contributed by atoms with Gasteiger partial charge >= 0.3 is 11.9 Å². The number of hydrogen-bond acceptors (Lipinski definition) is 6. The van der Waals surface area contributed by atoms with Crippen molar-refractivity contribution >= 4 is 21.8 Å². The molecule has 0 spiro atoms. The maximum atomic E-state index is 13.4. The molecule has 2 rings (SSSR count). The monoisotopic (exact) mass is 430 g/mol. The van der Waals surface area contributed by atoms with Crippen molar-refractivity contribution in [3.8, 4) is 12.3 Å². The lowest BCUT2D eigenvalue weighted by atomic mass is 9.81. The molecule has 0 atom stereocenters. The van der Waals surface area contributed by atoms with E-state index in [1.165, 1.54) is 12.1 Å². The number of esters is 2. The summed E-state index contributed by atoms with van der Waals surface area (Å²) < 4.78 is 36.3. The van der Waals surface area contributed by atoms with E-state index in [1.54, 1.807) is 24.3 Å². The van der Waals surface area contributed by atoms with Gasteiger partial charge in [-0.05, 0) is 37.0 Å². The van der Waals surface area contributed by atoms with Crippen LogP contribution < -0.4 is 0 Å². The summed E-state index contributed by atoms with van der Waals surface area (Å²) in [6.07, 6.45) is 10.3. The highest BCUT2D eigenvalue weighted by molar-refractivity contribution is 7.95. The summed E-state index contributed by atoms with van der Waals surface area (Å²) in [5, 5.41) is 0. The fourth-order valence-corrected chi connectivity index (χ4v) is 5.03. The number of ether oxygens (including phenoxy) is 2. The highest BCUT2D eigenvalue weighted by Gasteiger charge is 2.50. The zero-order valence-electron chi connectivity index (χ0n) is 17.2. The molecule has 0 aromatic heterocycles. The van der Waals surface area contributed by atoms with E-state index < -0.39 is 33.6 Å². The summed E-state index contributed by atoms with van der Waals surface area (Å²) in [5.74, 6) is 0.587. The molecule has 7 heteroatoms. The fraction of sp³-hybridized carbons (Fsp3) is 0.435. The van der Waals surface area contributed by atoms with E-state index in [1.807, 2.05) is 0 Å². The lowest BCUT2D eigenvalue weighted by Gasteiger charge is -2.26. The summed E-state index contributed by atoms with van der Waals surface area (Å²) in [6, 6.07) is 7.79. The van der Waals surface area contributed by atoms with Gasteiger partial charge in [-0.1, -0.05) is 31.0 Å². The molecular weight excluding hydrogens is 404 g/mol. The number of carbonyl (C=O) groups is 2. The van der Waals surface area contributed by atoms with Crippen molar-refractivity contribution in [1.82, 2.24) is 0 Å². The Morgan fingerprint density at radius 2 is 1.70 bits per heavy atom. The third-order valence-electron chi connectivity index (χ3n) is 5.28. The molecule has 6 nitrogen and oxygen atoms in total. The Hall–Kier alpha value is -2.81. The lowest BCUT2D eigenvalue weighted by Crippen LogP contribution is -2.42. The summed E-state index contributed by atoms with van der Waals surface area (Å²) in [5.41, 5.74) is 0.911. The molecule has 0 heterocycles. The van der Waals surface area contributed by atoms with Crippen LogP contribution in [0.2, 0.25) is 0 Å². The van der Waals surface area contributed by atoms with Gasteiger partial charge in [-0.2, -0.15) is 0 Å². The van der Waals surface area contributed by atoms with Crippen molar-refractivity contribution in [3.05, 3.63) is 47.0 Å². The molecule has 1 saturated carbocycles. The quantitative estimate of drug-likeness (QED) is 0.272. The molecule has 0 saturated heterocycles. The van der Waals surface area contributed by atoms with Crippen LogP contribution in [0.5, 0.6) is 0 Å². The molecule has 30 heavy (non-hydrogen) atoms. The van der Waals surface area contributed by atoms with Crippen LogP contribution in [-0.2, 0) is 28.9 Å². The topological polar surface area (TPSA) is 86.7 Å². The minimum absolute atomic E-state index is 0.0386. The molecule has 1 aliphatic carbocycles. The van der Waals surface area contributed by atoms with Gasteiger partial charge < -0.3 is 9.47 Å². The van der Waals surface area contributed by atoms with Gasteiger partial charge in [0.25, 0.3) is 0 Å². The summed E-state index contributed by atoms with van der Waals surface area (Å²) >= 11 is 0. The van der Waals surface area contributed by atoms with Crippen molar-refractivity contribution < 1.29 is 27.5 Å². The zero-order chi connectivity index (χ0) is 22.2. The van der Waals surface area contributed by atoms with Crippen molar-refractivity contribution in [3.63, 3.8) is 0 Å². The lowest BCUT2D eigenvalue weighted by molar-refractivity contribution is -0.168. The smallest absolute Gasteiger partial charge is 0.324 e. The normalized spacial score (nSPS) is 14.3. The van der Waals surface area contributed by atoms with Gasteiger partial charge in [0, 0.05) is 12.8 Å². The Morgan fingerprint density at radius 3 is 2.20 bits per heavy atom. The largest absolute Gasteiger partial charge is 0.468 e. The van der Waals surface area contributed by atoms with Gasteiger partial charge in [0.2, 0.25) is 9.84 Å². The molecule has 1 aromatic rings. The summed E-state index contributed by atoms with van der Waals surface area (Å²) in [6.45, 7) is 0. The minimum atomic E-state index is -4.04. The first kappa shape index (κ1) is 23.5. The number of allylic oxidation sites excluding steroid dienone is 1. The van der Waals surface area contributed by atoms with Crippen LogP contribution in [0.1, 0.15) is 38.5 Å². The molecule has 0 N–H and O–H groups in total. The number of carbonyl (C=O) groups excluding carboxylic acids is 2. The molecule has 0 unspecified atom stereocenters. The van der Waals surface area contributed by atoms with Crippen molar-refractivity contribution in [2.24, 2.45) is 11.3 Å². The second kappa shape index (κ2) is 10.3. The number of rotatable bonds is 8. The third kappa shape index (κ3) is 5.02. The van der Waals surface area contributed by atoms with Crippen LogP contribution >= 0.6 is 0 Å². The first-order valence-corrected chi connectivity index (χ1v) is 11.2.